The van der Waals surface area contributed by atoms with E-state index in [0.717, 1.165) is 28.6 Å². The number of nitrogens with zero attached hydrogens (tertiary/aromatic N) is 2. The van der Waals surface area contributed by atoms with E-state index in [0.29, 0.717) is 12.1 Å². The Bertz CT molecular complexity index is 1150. The quantitative estimate of drug-likeness (QED) is 0.480. The lowest BCUT2D eigenvalue weighted by molar-refractivity contribution is -0.132. The van der Waals surface area contributed by atoms with Crippen LogP contribution in [-0.2, 0) is 14.8 Å². The van der Waals surface area contributed by atoms with Crippen LogP contribution in [0.5, 0.6) is 0 Å². The molecule has 0 aliphatic carbocycles. The van der Waals surface area contributed by atoms with Crippen LogP contribution in [0, 0.1) is 23.3 Å². The van der Waals surface area contributed by atoms with E-state index in [2.05, 4.69) is 5.32 Å². The largest absolute Gasteiger partial charge is 0.352 e. The molecule has 1 N–H and O–H groups in total. The molecule has 0 atom stereocenters. The van der Waals surface area contributed by atoms with Gasteiger partial charge in [0.1, 0.15) is 11.6 Å². The zero-order chi connectivity index (χ0) is 24.2. The van der Waals surface area contributed by atoms with E-state index in [1.807, 2.05) is 0 Å². The van der Waals surface area contributed by atoms with E-state index in [1.165, 1.54) is 4.90 Å². The molecule has 1 heterocycles. The predicted molar refractivity (Wildman–Crippen MR) is 110 cm³/mol. The summed E-state index contributed by atoms with van der Waals surface area (Å²) in [6.07, 6.45) is 0.336. The van der Waals surface area contributed by atoms with Gasteiger partial charge < -0.3 is 10.2 Å². The second-order valence-electron chi connectivity index (χ2n) is 7.34. The Morgan fingerprint density at radius 1 is 0.879 bits per heavy atom. The summed E-state index contributed by atoms with van der Waals surface area (Å²) in [5.74, 6) is -5.17. The Morgan fingerprint density at radius 3 is 2.21 bits per heavy atom. The minimum atomic E-state index is -4.03. The molecule has 0 bridgehead atoms. The van der Waals surface area contributed by atoms with Gasteiger partial charge in [0.25, 0.3) is 5.91 Å². The first-order chi connectivity index (χ1) is 15.6. The van der Waals surface area contributed by atoms with Crippen LogP contribution >= 0.6 is 0 Å². The number of rotatable bonds is 7. The third-order valence-corrected chi connectivity index (χ3v) is 7.04. The van der Waals surface area contributed by atoms with Crippen molar-refractivity contribution in [3.05, 3.63) is 65.2 Å². The van der Waals surface area contributed by atoms with E-state index in [4.69, 9.17) is 0 Å². The predicted octanol–water partition coefficient (Wildman–Crippen LogP) is 2.29. The minimum Gasteiger partial charge on any atom is -0.352 e. The Labute approximate surface area is 188 Å². The fourth-order valence-electron chi connectivity index (χ4n) is 3.33. The fourth-order valence-corrected chi connectivity index (χ4v) is 4.77. The molecule has 2 aromatic carbocycles. The third-order valence-electron chi connectivity index (χ3n) is 5.15. The monoisotopic (exact) mass is 487 g/mol. The van der Waals surface area contributed by atoms with E-state index < -0.39 is 39.2 Å². The summed E-state index contributed by atoms with van der Waals surface area (Å²) in [6.45, 7) is 0.316. The van der Waals surface area contributed by atoms with Gasteiger partial charge in [-0.2, -0.15) is 4.31 Å². The SMILES string of the molecule is O=C(NCCCC(=O)N1CCN(S(=O)(=O)c2ccc(F)c(F)c2)CC1)c1ccc(F)cc1F. The lowest BCUT2D eigenvalue weighted by atomic mass is 10.2. The van der Waals surface area contributed by atoms with Crippen LogP contribution in [0.1, 0.15) is 23.2 Å². The van der Waals surface area contributed by atoms with Crippen molar-refractivity contribution in [1.29, 1.82) is 0 Å². The molecule has 0 saturated carbocycles. The van der Waals surface area contributed by atoms with Crippen LogP contribution in [0.15, 0.2) is 41.3 Å². The van der Waals surface area contributed by atoms with Crippen LogP contribution in [0.2, 0.25) is 0 Å². The number of sulfonamides is 1. The second kappa shape index (κ2) is 10.3. The highest BCUT2D eigenvalue weighted by Crippen LogP contribution is 2.20. The molecule has 1 aliphatic heterocycles. The van der Waals surface area contributed by atoms with Crippen molar-refractivity contribution < 1.29 is 35.6 Å². The molecule has 178 valence electrons. The molecule has 1 fully saturated rings. The number of carbonyl (C=O) groups excluding carboxylic acids is 2. The molecule has 0 unspecified atom stereocenters. The van der Waals surface area contributed by atoms with Crippen molar-refractivity contribution in [2.24, 2.45) is 0 Å². The average Bonchev–Trinajstić information content (AvgIpc) is 2.78. The molecule has 33 heavy (non-hydrogen) atoms. The van der Waals surface area contributed by atoms with Crippen LogP contribution in [0.4, 0.5) is 17.6 Å². The maximum Gasteiger partial charge on any atom is 0.254 e. The number of carbonyl (C=O) groups is 2. The number of piperazine rings is 1. The van der Waals surface area contributed by atoms with Crippen LogP contribution < -0.4 is 5.32 Å². The molecular formula is C21H21F4N3O4S. The van der Waals surface area contributed by atoms with Crippen molar-refractivity contribution in [1.82, 2.24) is 14.5 Å². The number of nitrogens with one attached hydrogen (secondary N) is 1. The zero-order valence-electron chi connectivity index (χ0n) is 17.4. The molecule has 12 heteroatoms. The highest BCUT2D eigenvalue weighted by molar-refractivity contribution is 7.89. The standard InChI is InChI=1S/C21H21F4N3O4S/c22-14-3-5-16(18(24)12-14)21(30)26-7-1-2-20(29)27-8-10-28(11-9-27)33(31,32)15-4-6-17(23)19(25)13-15/h3-6,12-13H,1-2,7-11H2,(H,26,30). The van der Waals surface area contributed by atoms with Crippen molar-refractivity contribution in [3.63, 3.8) is 0 Å². The van der Waals surface area contributed by atoms with Crippen molar-refractivity contribution in [3.8, 4) is 0 Å². The first kappa shape index (κ1) is 24.6. The van der Waals surface area contributed by atoms with Gasteiger partial charge in [-0.1, -0.05) is 0 Å². The van der Waals surface area contributed by atoms with Gasteiger partial charge in [-0.3, -0.25) is 9.59 Å². The number of halogens is 4. The maximum atomic E-state index is 13.6. The maximum absolute atomic E-state index is 13.6. The highest BCUT2D eigenvalue weighted by Gasteiger charge is 2.30. The summed E-state index contributed by atoms with van der Waals surface area (Å²) in [5.41, 5.74) is -0.305. The molecule has 0 aromatic heterocycles. The van der Waals surface area contributed by atoms with Crippen LogP contribution in [0.3, 0.4) is 0 Å². The molecule has 1 saturated heterocycles. The Balaban J connectivity index is 1.44. The Hall–Kier alpha value is -2.99. The van der Waals surface area contributed by atoms with Crippen molar-refractivity contribution in [2.45, 2.75) is 17.7 Å². The molecular weight excluding hydrogens is 466 g/mol. The first-order valence-electron chi connectivity index (χ1n) is 10.1. The van der Waals surface area contributed by atoms with Crippen LogP contribution in [0.25, 0.3) is 0 Å². The summed E-state index contributed by atoms with van der Waals surface area (Å²) >= 11 is 0. The number of benzene rings is 2. The van der Waals surface area contributed by atoms with E-state index in [9.17, 15) is 35.6 Å². The summed E-state index contributed by atoms with van der Waals surface area (Å²) in [5, 5.41) is 2.45. The smallest absolute Gasteiger partial charge is 0.254 e. The fraction of sp³-hybridized carbons (Fsp3) is 0.333. The van der Waals surface area contributed by atoms with Crippen LogP contribution in [-0.4, -0.2) is 62.2 Å². The Kier molecular flexibility index (Phi) is 7.69. The lowest BCUT2D eigenvalue weighted by Gasteiger charge is -2.34. The summed E-state index contributed by atoms with van der Waals surface area (Å²) in [7, 11) is -4.03. The van der Waals surface area contributed by atoms with Gasteiger partial charge in [0.15, 0.2) is 11.6 Å². The van der Waals surface area contributed by atoms with Gasteiger partial charge >= 0.3 is 0 Å². The molecule has 7 nitrogen and oxygen atoms in total. The second-order valence-corrected chi connectivity index (χ2v) is 9.28. The molecule has 2 amide bonds. The lowest BCUT2D eigenvalue weighted by Crippen LogP contribution is -2.50. The molecule has 2 aromatic rings. The average molecular weight is 487 g/mol. The topological polar surface area (TPSA) is 86.8 Å². The third kappa shape index (κ3) is 5.88. The number of hydrogen-bond acceptors (Lipinski definition) is 4. The summed E-state index contributed by atoms with van der Waals surface area (Å²) in [4.78, 5) is 25.4. The zero-order valence-corrected chi connectivity index (χ0v) is 18.2. The molecule has 0 radical (unpaired) electrons. The normalized spacial score (nSPS) is 14.8. The molecule has 1 aliphatic rings. The van der Waals surface area contributed by atoms with Crippen molar-refractivity contribution >= 4 is 21.8 Å². The van der Waals surface area contributed by atoms with Gasteiger partial charge in [0.05, 0.1) is 10.5 Å². The molecule has 0 spiro atoms. The van der Waals surface area contributed by atoms with E-state index in [-0.39, 0.29) is 61.9 Å². The van der Waals surface area contributed by atoms with Gasteiger partial charge in [0, 0.05) is 45.2 Å². The summed E-state index contributed by atoms with van der Waals surface area (Å²) < 4.78 is 79.3. The van der Waals surface area contributed by atoms with Gasteiger partial charge in [-0.25, -0.2) is 26.0 Å². The van der Waals surface area contributed by atoms with Gasteiger partial charge in [-0.05, 0) is 36.8 Å². The first-order valence-corrected chi connectivity index (χ1v) is 11.5. The number of amides is 2. The van der Waals surface area contributed by atoms with Crippen molar-refractivity contribution in [2.75, 3.05) is 32.7 Å². The Morgan fingerprint density at radius 2 is 1.58 bits per heavy atom. The van der Waals surface area contributed by atoms with E-state index in [1.54, 1.807) is 0 Å². The minimum absolute atomic E-state index is 0.00630. The number of hydrogen-bond donors (Lipinski definition) is 1. The van der Waals surface area contributed by atoms with Gasteiger partial charge in [0.2, 0.25) is 15.9 Å². The summed E-state index contributed by atoms with van der Waals surface area (Å²) in [6, 6.07) is 4.94. The van der Waals surface area contributed by atoms with E-state index >= 15 is 0 Å². The highest BCUT2D eigenvalue weighted by atomic mass is 32.2. The van der Waals surface area contributed by atoms with Gasteiger partial charge in [-0.15, -0.1) is 0 Å². The molecule has 3 rings (SSSR count).